The summed E-state index contributed by atoms with van der Waals surface area (Å²) in [6.07, 6.45) is 3.28. The zero-order chi connectivity index (χ0) is 14.5. The SMILES string of the molecule is CNc1cc(C(=O)Nc2ccncc2)cc(C(C)C)n1. The summed E-state index contributed by atoms with van der Waals surface area (Å²) in [4.78, 5) is 20.6. The Bertz CT molecular complexity index is 596. The number of nitrogens with zero attached hydrogens (tertiary/aromatic N) is 2. The van der Waals surface area contributed by atoms with E-state index in [1.807, 2.05) is 19.9 Å². The van der Waals surface area contributed by atoms with Crippen molar-refractivity contribution in [2.24, 2.45) is 0 Å². The van der Waals surface area contributed by atoms with Crippen molar-refractivity contribution >= 4 is 17.4 Å². The van der Waals surface area contributed by atoms with E-state index in [0.29, 0.717) is 11.4 Å². The molecule has 104 valence electrons. The van der Waals surface area contributed by atoms with Gasteiger partial charge in [-0.2, -0.15) is 0 Å². The van der Waals surface area contributed by atoms with Crippen molar-refractivity contribution in [3.63, 3.8) is 0 Å². The van der Waals surface area contributed by atoms with Crippen LogP contribution in [0.2, 0.25) is 0 Å². The van der Waals surface area contributed by atoms with Crippen LogP contribution in [0.4, 0.5) is 11.5 Å². The smallest absolute Gasteiger partial charge is 0.255 e. The van der Waals surface area contributed by atoms with Gasteiger partial charge in [0.2, 0.25) is 0 Å². The van der Waals surface area contributed by atoms with Gasteiger partial charge in [0.15, 0.2) is 0 Å². The van der Waals surface area contributed by atoms with Crippen LogP contribution in [0.5, 0.6) is 0 Å². The molecule has 0 fully saturated rings. The van der Waals surface area contributed by atoms with E-state index in [2.05, 4.69) is 20.6 Å². The standard InChI is InChI=1S/C15H18N4O/c1-10(2)13-8-11(9-14(16-3)19-13)15(20)18-12-4-6-17-7-5-12/h4-10H,1-3H3,(H,16,19)(H,17,18,20). The topological polar surface area (TPSA) is 66.9 Å². The van der Waals surface area contributed by atoms with Gasteiger partial charge in [-0.15, -0.1) is 0 Å². The van der Waals surface area contributed by atoms with Gasteiger partial charge in [-0.1, -0.05) is 13.8 Å². The lowest BCUT2D eigenvalue weighted by molar-refractivity contribution is 0.102. The lowest BCUT2D eigenvalue weighted by Crippen LogP contribution is -2.13. The number of anilines is 2. The lowest BCUT2D eigenvalue weighted by Gasteiger charge is -2.11. The predicted molar refractivity (Wildman–Crippen MR) is 80.1 cm³/mol. The molecule has 0 aliphatic heterocycles. The number of carbonyl (C=O) groups is 1. The van der Waals surface area contributed by atoms with E-state index in [-0.39, 0.29) is 11.8 Å². The molecule has 0 aromatic carbocycles. The molecule has 0 bridgehead atoms. The van der Waals surface area contributed by atoms with Gasteiger partial charge in [0.25, 0.3) is 5.91 Å². The van der Waals surface area contributed by atoms with Gasteiger partial charge >= 0.3 is 0 Å². The van der Waals surface area contributed by atoms with E-state index in [1.54, 1.807) is 37.6 Å². The number of hydrogen-bond donors (Lipinski definition) is 2. The first kappa shape index (κ1) is 14.0. The van der Waals surface area contributed by atoms with E-state index in [1.165, 1.54) is 0 Å². The minimum absolute atomic E-state index is 0.156. The Morgan fingerprint density at radius 2 is 1.90 bits per heavy atom. The minimum atomic E-state index is -0.156. The molecular formula is C15H18N4O. The summed E-state index contributed by atoms with van der Waals surface area (Å²) in [5, 5.41) is 5.82. The Hall–Kier alpha value is -2.43. The second kappa shape index (κ2) is 6.14. The predicted octanol–water partition coefficient (Wildman–Crippen LogP) is 2.89. The minimum Gasteiger partial charge on any atom is -0.373 e. The van der Waals surface area contributed by atoms with Gasteiger partial charge in [0.05, 0.1) is 0 Å². The highest BCUT2D eigenvalue weighted by Gasteiger charge is 2.11. The van der Waals surface area contributed by atoms with Gasteiger partial charge in [-0.05, 0) is 30.2 Å². The maximum absolute atomic E-state index is 12.3. The average Bonchev–Trinajstić information content (AvgIpc) is 2.47. The number of rotatable bonds is 4. The molecule has 2 N–H and O–H groups in total. The van der Waals surface area contributed by atoms with Crippen LogP contribution in [-0.2, 0) is 0 Å². The van der Waals surface area contributed by atoms with Crippen molar-refractivity contribution < 1.29 is 4.79 Å². The fraction of sp³-hybridized carbons (Fsp3) is 0.267. The summed E-state index contributed by atoms with van der Waals surface area (Å²) in [6.45, 7) is 4.10. The Morgan fingerprint density at radius 1 is 1.20 bits per heavy atom. The van der Waals surface area contributed by atoms with Crippen LogP contribution in [-0.4, -0.2) is 22.9 Å². The summed E-state index contributed by atoms with van der Waals surface area (Å²) in [5.74, 6) is 0.795. The highest BCUT2D eigenvalue weighted by atomic mass is 16.1. The summed E-state index contributed by atoms with van der Waals surface area (Å²) in [7, 11) is 1.79. The average molecular weight is 270 g/mol. The molecule has 2 aromatic heterocycles. The molecule has 0 unspecified atom stereocenters. The third-order valence-electron chi connectivity index (χ3n) is 2.89. The first-order valence-electron chi connectivity index (χ1n) is 6.51. The summed E-state index contributed by atoms with van der Waals surface area (Å²) >= 11 is 0. The second-order valence-electron chi connectivity index (χ2n) is 4.76. The summed E-state index contributed by atoms with van der Waals surface area (Å²) in [5.41, 5.74) is 2.19. The first-order chi connectivity index (χ1) is 9.60. The molecule has 1 amide bonds. The van der Waals surface area contributed by atoms with E-state index < -0.39 is 0 Å². The zero-order valence-electron chi connectivity index (χ0n) is 11.8. The molecule has 0 saturated carbocycles. The number of aromatic nitrogens is 2. The van der Waals surface area contributed by atoms with Gasteiger partial charge in [-0.25, -0.2) is 4.98 Å². The van der Waals surface area contributed by atoms with E-state index in [4.69, 9.17) is 0 Å². The zero-order valence-corrected chi connectivity index (χ0v) is 11.8. The van der Waals surface area contributed by atoms with Crippen molar-refractivity contribution in [2.45, 2.75) is 19.8 Å². The van der Waals surface area contributed by atoms with Gasteiger partial charge in [0, 0.05) is 36.4 Å². The monoisotopic (exact) mass is 270 g/mol. The largest absolute Gasteiger partial charge is 0.373 e. The number of hydrogen-bond acceptors (Lipinski definition) is 4. The molecule has 2 aromatic rings. The van der Waals surface area contributed by atoms with Crippen LogP contribution in [0.3, 0.4) is 0 Å². The Labute approximate surface area is 118 Å². The Kier molecular flexibility index (Phi) is 4.30. The Balaban J connectivity index is 2.27. The molecule has 0 aliphatic rings. The van der Waals surface area contributed by atoms with Gasteiger partial charge in [-0.3, -0.25) is 9.78 Å². The van der Waals surface area contributed by atoms with Crippen LogP contribution >= 0.6 is 0 Å². The summed E-state index contributed by atoms with van der Waals surface area (Å²) < 4.78 is 0. The molecule has 0 spiro atoms. The quantitative estimate of drug-likeness (QED) is 0.896. The van der Waals surface area contributed by atoms with Crippen LogP contribution in [0.15, 0.2) is 36.7 Å². The molecule has 0 atom stereocenters. The van der Waals surface area contributed by atoms with Crippen LogP contribution in [0.1, 0.15) is 35.8 Å². The highest BCUT2D eigenvalue weighted by molar-refractivity contribution is 6.04. The van der Waals surface area contributed by atoms with Crippen molar-refractivity contribution in [3.05, 3.63) is 47.9 Å². The van der Waals surface area contributed by atoms with E-state index >= 15 is 0 Å². The third kappa shape index (κ3) is 3.32. The van der Waals surface area contributed by atoms with Gasteiger partial charge in [0.1, 0.15) is 5.82 Å². The normalized spacial score (nSPS) is 10.4. The molecule has 5 nitrogen and oxygen atoms in total. The second-order valence-corrected chi connectivity index (χ2v) is 4.76. The highest BCUT2D eigenvalue weighted by Crippen LogP contribution is 2.18. The molecule has 20 heavy (non-hydrogen) atoms. The maximum Gasteiger partial charge on any atom is 0.255 e. The maximum atomic E-state index is 12.3. The molecule has 0 saturated heterocycles. The molecule has 0 radical (unpaired) electrons. The summed E-state index contributed by atoms with van der Waals surface area (Å²) in [6, 6.07) is 7.06. The van der Waals surface area contributed by atoms with Crippen molar-refractivity contribution in [1.29, 1.82) is 0 Å². The van der Waals surface area contributed by atoms with Crippen LogP contribution in [0, 0.1) is 0 Å². The first-order valence-corrected chi connectivity index (χ1v) is 6.51. The van der Waals surface area contributed by atoms with Crippen molar-refractivity contribution in [3.8, 4) is 0 Å². The molecule has 0 aliphatic carbocycles. The van der Waals surface area contributed by atoms with Gasteiger partial charge < -0.3 is 10.6 Å². The molecule has 5 heteroatoms. The lowest BCUT2D eigenvalue weighted by atomic mass is 10.1. The third-order valence-corrected chi connectivity index (χ3v) is 2.89. The molecule has 2 rings (SSSR count). The van der Waals surface area contributed by atoms with Crippen LogP contribution < -0.4 is 10.6 Å². The fourth-order valence-corrected chi connectivity index (χ4v) is 1.75. The van der Waals surface area contributed by atoms with E-state index in [0.717, 1.165) is 11.4 Å². The van der Waals surface area contributed by atoms with Crippen LogP contribution in [0.25, 0.3) is 0 Å². The number of pyridine rings is 2. The molecular weight excluding hydrogens is 252 g/mol. The number of amides is 1. The van der Waals surface area contributed by atoms with Crippen molar-refractivity contribution in [1.82, 2.24) is 9.97 Å². The van der Waals surface area contributed by atoms with Crippen molar-refractivity contribution in [2.75, 3.05) is 17.7 Å². The number of nitrogens with one attached hydrogen (secondary N) is 2. The van der Waals surface area contributed by atoms with E-state index in [9.17, 15) is 4.79 Å². The number of carbonyl (C=O) groups excluding carboxylic acids is 1. The fourth-order valence-electron chi connectivity index (χ4n) is 1.75. The Morgan fingerprint density at radius 3 is 2.50 bits per heavy atom. The molecule has 2 heterocycles.